The predicted molar refractivity (Wildman–Crippen MR) is 68.2 cm³/mol. The molecule has 2 heterocycles. The zero-order chi connectivity index (χ0) is 13.0. The summed E-state index contributed by atoms with van der Waals surface area (Å²) in [5, 5.41) is 0. The molecule has 0 aromatic carbocycles. The number of likely N-dealkylation sites (tertiary alicyclic amines) is 1. The second-order valence-electron chi connectivity index (χ2n) is 4.57. The molecule has 1 amide bonds. The summed E-state index contributed by atoms with van der Waals surface area (Å²) in [6.07, 6.45) is 4.20. The van der Waals surface area contributed by atoms with Crippen molar-refractivity contribution in [2.75, 3.05) is 13.1 Å². The summed E-state index contributed by atoms with van der Waals surface area (Å²) < 4.78 is 0. The van der Waals surface area contributed by atoms with Crippen LogP contribution < -0.4 is 0 Å². The van der Waals surface area contributed by atoms with E-state index in [2.05, 4.69) is 4.98 Å². The predicted octanol–water partition coefficient (Wildman–Crippen LogP) is 1.91. The van der Waals surface area contributed by atoms with E-state index in [0.717, 1.165) is 25.9 Å². The van der Waals surface area contributed by atoms with Crippen LogP contribution in [-0.4, -0.2) is 34.7 Å². The molecule has 4 nitrogen and oxygen atoms in total. The number of Topliss-reactive ketones (excluding diaryl/α,β-unsaturated/α-hetero) is 1. The molecular weight excluding hydrogens is 228 g/mol. The lowest BCUT2D eigenvalue weighted by atomic mass is 9.97. The number of hydrogen-bond acceptors (Lipinski definition) is 3. The molecule has 1 unspecified atom stereocenters. The third kappa shape index (κ3) is 2.58. The van der Waals surface area contributed by atoms with E-state index in [4.69, 9.17) is 0 Å². The fourth-order valence-corrected chi connectivity index (χ4v) is 2.32. The minimum atomic E-state index is -0.571. The number of pyridine rings is 1. The molecule has 0 radical (unpaired) electrons. The van der Waals surface area contributed by atoms with Crippen molar-refractivity contribution in [1.82, 2.24) is 9.88 Å². The van der Waals surface area contributed by atoms with Crippen molar-refractivity contribution < 1.29 is 9.59 Å². The van der Waals surface area contributed by atoms with Crippen LogP contribution in [0.25, 0.3) is 0 Å². The molecule has 4 heteroatoms. The molecule has 0 spiro atoms. The van der Waals surface area contributed by atoms with Crippen LogP contribution in [0.5, 0.6) is 0 Å². The van der Waals surface area contributed by atoms with Gasteiger partial charge < -0.3 is 4.90 Å². The van der Waals surface area contributed by atoms with Gasteiger partial charge in [0.05, 0.1) is 0 Å². The van der Waals surface area contributed by atoms with Gasteiger partial charge in [0.15, 0.2) is 5.78 Å². The van der Waals surface area contributed by atoms with Crippen LogP contribution in [0.4, 0.5) is 0 Å². The number of ketones is 1. The summed E-state index contributed by atoms with van der Waals surface area (Å²) in [6, 6.07) is 5.20. The zero-order valence-corrected chi connectivity index (χ0v) is 10.6. The fourth-order valence-electron chi connectivity index (χ4n) is 2.32. The van der Waals surface area contributed by atoms with Crippen LogP contribution in [0.3, 0.4) is 0 Å². The molecule has 1 aromatic rings. The molecule has 0 bridgehead atoms. The summed E-state index contributed by atoms with van der Waals surface area (Å²) in [7, 11) is 0. The van der Waals surface area contributed by atoms with Crippen molar-refractivity contribution >= 4 is 11.7 Å². The Kier molecular flexibility index (Phi) is 4.07. The van der Waals surface area contributed by atoms with Crippen molar-refractivity contribution in [3.8, 4) is 0 Å². The third-order valence-electron chi connectivity index (χ3n) is 3.36. The molecule has 1 atom stereocenters. The Balaban J connectivity index is 2.13. The Morgan fingerprint density at radius 1 is 1.33 bits per heavy atom. The number of aromatic nitrogens is 1. The smallest absolute Gasteiger partial charge is 0.233 e. The van der Waals surface area contributed by atoms with Gasteiger partial charge in [0.2, 0.25) is 5.91 Å². The van der Waals surface area contributed by atoms with Crippen molar-refractivity contribution in [3.05, 3.63) is 30.1 Å². The molecule has 0 saturated carbocycles. The first-order chi connectivity index (χ1) is 8.74. The summed E-state index contributed by atoms with van der Waals surface area (Å²) >= 11 is 0. The van der Waals surface area contributed by atoms with Gasteiger partial charge in [-0.15, -0.1) is 0 Å². The van der Waals surface area contributed by atoms with Crippen LogP contribution in [0.15, 0.2) is 24.4 Å². The Hall–Kier alpha value is -1.71. The molecule has 1 aliphatic rings. The topological polar surface area (TPSA) is 50.3 Å². The number of carbonyl (C=O) groups excluding carboxylic acids is 2. The third-order valence-corrected chi connectivity index (χ3v) is 3.36. The van der Waals surface area contributed by atoms with Crippen LogP contribution in [-0.2, 0) is 4.79 Å². The lowest BCUT2D eigenvalue weighted by Crippen LogP contribution is -2.37. The Morgan fingerprint density at radius 3 is 2.61 bits per heavy atom. The van der Waals surface area contributed by atoms with E-state index < -0.39 is 5.92 Å². The maximum atomic E-state index is 12.3. The van der Waals surface area contributed by atoms with Crippen molar-refractivity contribution in [2.24, 2.45) is 5.92 Å². The van der Waals surface area contributed by atoms with Gasteiger partial charge >= 0.3 is 0 Å². The Bertz CT molecular complexity index is 425. The number of carbonyl (C=O) groups is 2. The first kappa shape index (κ1) is 12.7. The molecule has 96 valence electrons. The lowest BCUT2D eigenvalue weighted by molar-refractivity contribution is -0.132. The van der Waals surface area contributed by atoms with Crippen molar-refractivity contribution in [2.45, 2.75) is 26.2 Å². The molecular formula is C14H18N2O2. The fraction of sp³-hybridized carbons (Fsp3) is 0.500. The van der Waals surface area contributed by atoms with Gasteiger partial charge in [-0.1, -0.05) is 13.0 Å². The van der Waals surface area contributed by atoms with Gasteiger partial charge in [0.25, 0.3) is 0 Å². The summed E-state index contributed by atoms with van der Waals surface area (Å²) in [4.78, 5) is 30.4. The number of nitrogens with zero attached hydrogens (tertiary/aromatic N) is 2. The highest BCUT2D eigenvalue weighted by Crippen LogP contribution is 2.17. The van der Waals surface area contributed by atoms with Crippen LogP contribution in [0.1, 0.15) is 36.7 Å². The number of rotatable bonds is 4. The van der Waals surface area contributed by atoms with Gasteiger partial charge in [0.1, 0.15) is 11.6 Å². The normalized spacial score (nSPS) is 16.6. The van der Waals surface area contributed by atoms with E-state index in [0.29, 0.717) is 12.1 Å². The van der Waals surface area contributed by atoms with Crippen LogP contribution in [0.2, 0.25) is 0 Å². The molecule has 1 fully saturated rings. The first-order valence-electron chi connectivity index (χ1n) is 6.48. The quantitative estimate of drug-likeness (QED) is 0.602. The second-order valence-corrected chi connectivity index (χ2v) is 4.57. The van der Waals surface area contributed by atoms with Gasteiger partial charge in [-0.25, -0.2) is 0 Å². The molecule has 1 aliphatic heterocycles. The highest BCUT2D eigenvalue weighted by molar-refractivity contribution is 6.09. The molecule has 1 aromatic heterocycles. The largest absolute Gasteiger partial charge is 0.342 e. The minimum Gasteiger partial charge on any atom is -0.342 e. The molecule has 0 aliphatic carbocycles. The molecule has 18 heavy (non-hydrogen) atoms. The second kappa shape index (κ2) is 5.76. The SMILES string of the molecule is CCC(C(=O)c1ccccn1)C(=O)N1CCCC1. The first-order valence-corrected chi connectivity index (χ1v) is 6.48. The van der Waals surface area contributed by atoms with E-state index in [1.165, 1.54) is 0 Å². The van der Waals surface area contributed by atoms with Gasteiger partial charge in [-0.2, -0.15) is 0 Å². The summed E-state index contributed by atoms with van der Waals surface area (Å²) in [5.41, 5.74) is 0.386. The maximum absolute atomic E-state index is 12.3. The average Bonchev–Trinajstić information content (AvgIpc) is 2.94. The van der Waals surface area contributed by atoms with Gasteiger partial charge in [-0.05, 0) is 31.4 Å². The van der Waals surface area contributed by atoms with E-state index in [9.17, 15) is 9.59 Å². The van der Waals surface area contributed by atoms with E-state index in [-0.39, 0.29) is 11.7 Å². The van der Waals surface area contributed by atoms with Crippen LogP contribution in [0, 0.1) is 5.92 Å². The standard InChI is InChI=1S/C14H18N2O2/c1-2-11(14(18)16-9-5-6-10-16)13(17)12-7-3-4-8-15-12/h3-4,7-8,11H,2,5-6,9-10H2,1H3. The Morgan fingerprint density at radius 2 is 2.06 bits per heavy atom. The highest BCUT2D eigenvalue weighted by atomic mass is 16.2. The highest BCUT2D eigenvalue weighted by Gasteiger charge is 2.31. The number of hydrogen-bond donors (Lipinski definition) is 0. The molecule has 2 rings (SSSR count). The van der Waals surface area contributed by atoms with Crippen molar-refractivity contribution in [3.63, 3.8) is 0 Å². The van der Waals surface area contributed by atoms with E-state index >= 15 is 0 Å². The van der Waals surface area contributed by atoms with Gasteiger partial charge in [0, 0.05) is 19.3 Å². The lowest BCUT2D eigenvalue weighted by Gasteiger charge is -2.21. The minimum absolute atomic E-state index is 0.0364. The van der Waals surface area contributed by atoms with E-state index in [1.807, 2.05) is 6.92 Å². The summed E-state index contributed by atoms with van der Waals surface area (Å²) in [5.74, 6) is -0.765. The molecule has 1 saturated heterocycles. The average molecular weight is 246 g/mol. The van der Waals surface area contributed by atoms with E-state index in [1.54, 1.807) is 29.3 Å². The Labute approximate surface area is 107 Å². The zero-order valence-electron chi connectivity index (χ0n) is 10.6. The maximum Gasteiger partial charge on any atom is 0.233 e. The number of amides is 1. The van der Waals surface area contributed by atoms with Gasteiger partial charge in [-0.3, -0.25) is 14.6 Å². The van der Waals surface area contributed by atoms with Crippen molar-refractivity contribution in [1.29, 1.82) is 0 Å². The monoisotopic (exact) mass is 246 g/mol. The molecule has 0 N–H and O–H groups in total. The van der Waals surface area contributed by atoms with Crippen LogP contribution >= 0.6 is 0 Å². The summed E-state index contributed by atoms with van der Waals surface area (Å²) in [6.45, 7) is 3.44.